The van der Waals surface area contributed by atoms with Gasteiger partial charge in [-0.2, -0.15) is 0 Å². The molecule has 0 aliphatic carbocycles. The zero-order valence-corrected chi connectivity index (χ0v) is 19.0. The number of benzene rings is 3. The Morgan fingerprint density at radius 1 is 0.938 bits per heavy atom. The van der Waals surface area contributed by atoms with Crippen LogP contribution in [-0.2, 0) is 14.6 Å². The molecule has 3 aromatic carbocycles. The molecule has 2 atom stereocenters. The molecule has 0 unspecified atom stereocenters. The standard InChI is InChI=1S/C26H28N2O3S/c1-20(21-12-14-23(15-13-21)22-8-4-2-5-9-22)27-18-26(29)28(24-10-6-3-7-11-24)25-16-17-32(30,31)19-25/h2-15,20,25,27H,16-19H2,1H3/t20-,25+/m0/s1. The minimum atomic E-state index is -3.10. The number of nitrogens with zero attached hydrogens (tertiary/aromatic N) is 1. The van der Waals surface area contributed by atoms with Crippen molar-refractivity contribution >= 4 is 21.4 Å². The van der Waals surface area contributed by atoms with Crippen molar-refractivity contribution in [1.29, 1.82) is 0 Å². The fourth-order valence-electron chi connectivity index (χ4n) is 4.16. The molecule has 3 aromatic rings. The molecule has 0 spiro atoms. The molecule has 0 radical (unpaired) electrons. The Hall–Kier alpha value is -2.96. The lowest BCUT2D eigenvalue weighted by Crippen LogP contribution is -2.46. The van der Waals surface area contributed by atoms with Crippen molar-refractivity contribution in [2.75, 3.05) is 23.0 Å². The van der Waals surface area contributed by atoms with Gasteiger partial charge < -0.3 is 10.2 Å². The molecule has 0 bridgehead atoms. The van der Waals surface area contributed by atoms with E-state index in [-0.39, 0.29) is 36.0 Å². The van der Waals surface area contributed by atoms with Gasteiger partial charge in [0.05, 0.1) is 24.1 Å². The van der Waals surface area contributed by atoms with E-state index in [1.54, 1.807) is 4.90 Å². The number of sulfone groups is 1. The second-order valence-electron chi connectivity index (χ2n) is 8.25. The lowest BCUT2D eigenvalue weighted by atomic mass is 10.0. The minimum Gasteiger partial charge on any atom is -0.307 e. The van der Waals surface area contributed by atoms with Gasteiger partial charge in [-0.3, -0.25) is 4.79 Å². The molecule has 166 valence electrons. The summed E-state index contributed by atoms with van der Waals surface area (Å²) in [6.07, 6.45) is 0.472. The number of carbonyl (C=O) groups is 1. The van der Waals surface area contributed by atoms with E-state index in [2.05, 4.69) is 41.7 Å². The summed E-state index contributed by atoms with van der Waals surface area (Å²) in [5.41, 5.74) is 4.14. The molecular formula is C26H28N2O3S. The molecular weight excluding hydrogens is 420 g/mol. The first-order valence-electron chi connectivity index (χ1n) is 10.9. The summed E-state index contributed by atoms with van der Waals surface area (Å²) < 4.78 is 24.1. The Balaban J connectivity index is 1.43. The molecule has 1 heterocycles. The van der Waals surface area contributed by atoms with Crippen LogP contribution in [0.2, 0.25) is 0 Å². The highest BCUT2D eigenvalue weighted by Crippen LogP contribution is 2.25. The van der Waals surface area contributed by atoms with Gasteiger partial charge in [0.2, 0.25) is 5.91 Å². The molecule has 4 rings (SSSR count). The lowest BCUT2D eigenvalue weighted by Gasteiger charge is -2.29. The van der Waals surface area contributed by atoms with Crippen LogP contribution >= 0.6 is 0 Å². The lowest BCUT2D eigenvalue weighted by molar-refractivity contribution is -0.118. The van der Waals surface area contributed by atoms with Gasteiger partial charge in [-0.05, 0) is 42.2 Å². The zero-order chi connectivity index (χ0) is 22.6. The molecule has 1 aliphatic heterocycles. The highest BCUT2D eigenvalue weighted by Gasteiger charge is 2.35. The maximum Gasteiger partial charge on any atom is 0.241 e. The largest absolute Gasteiger partial charge is 0.307 e. The summed E-state index contributed by atoms with van der Waals surface area (Å²) in [6, 6.07) is 27.5. The smallest absolute Gasteiger partial charge is 0.241 e. The van der Waals surface area contributed by atoms with E-state index < -0.39 is 9.84 Å². The quantitative estimate of drug-likeness (QED) is 0.588. The molecule has 1 fully saturated rings. The van der Waals surface area contributed by atoms with Gasteiger partial charge in [0.25, 0.3) is 0 Å². The van der Waals surface area contributed by atoms with Crippen molar-refractivity contribution in [3.63, 3.8) is 0 Å². The van der Waals surface area contributed by atoms with Gasteiger partial charge in [0.15, 0.2) is 9.84 Å². The summed E-state index contributed by atoms with van der Waals surface area (Å²) in [7, 11) is -3.10. The van der Waals surface area contributed by atoms with Crippen molar-refractivity contribution < 1.29 is 13.2 Å². The van der Waals surface area contributed by atoms with E-state index in [0.717, 1.165) is 16.8 Å². The summed E-state index contributed by atoms with van der Waals surface area (Å²) in [4.78, 5) is 14.8. The summed E-state index contributed by atoms with van der Waals surface area (Å²) in [6.45, 7) is 2.16. The van der Waals surface area contributed by atoms with Crippen LogP contribution in [0.4, 0.5) is 5.69 Å². The average Bonchev–Trinajstić information content (AvgIpc) is 3.18. The van der Waals surface area contributed by atoms with Gasteiger partial charge >= 0.3 is 0 Å². The molecule has 1 amide bonds. The fraction of sp³-hybridized carbons (Fsp3) is 0.269. The topological polar surface area (TPSA) is 66.5 Å². The predicted molar refractivity (Wildman–Crippen MR) is 129 cm³/mol. The first-order chi connectivity index (χ1) is 15.4. The second-order valence-corrected chi connectivity index (χ2v) is 10.5. The van der Waals surface area contributed by atoms with E-state index in [9.17, 15) is 13.2 Å². The third kappa shape index (κ3) is 5.26. The van der Waals surface area contributed by atoms with Gasteiger partial charge in [-0.15, -0.1) is 0 Å². The number of hydrogen-bond donors (Lipinski definition) is 1. The van der Waals surface area contributed by atoms with Crippen LogP contribution in [-0.4, -0.2) is 38.4 Å². The maximum absolute atomic E-state index is 13.2. The summed E-state index contributed by atoms with van der Waals surface area (Å²) in [5, 5.41) is 3.31. The van der Waals surface area contributed by atoms with Crippen LogP contribution in [0.25, 0.3) is 11.1 Å². The number of anilines is 1. The molecule has 5 nitrogen and oxygen atoms in total. The first kappa shape index (κ1) is 22.2. The molecule has 1 aliphatic rings. The van der Waals surface area contributed by atoms with E-state index in [4.69, 9.17) is 0 Å². The van der Waals surface area contributed by atoms with Crippen molar-refractivity contribution in [3.8, 4) is 11.1 Å². The maximum atomic E-state index is 13.2. The average molecular weight is 449 g/mol. The minimum absolute atomic E-state index is 0.0180. The predicted octanol–water partition coefficient (Wildman–Crippen LogP) is 4.22. The molecule has 1 saturated heterocycles. The highest BCUT2D eigenvalue weighted by atomic mass is 32.2. The van der Waals surface area contributed by atoms with Gasteiger partial charge in [-0.25, -0.2) is 8.42 Å². The van der Waals surface area contributed by atoms with Crippen molar-refractivity contribution in [1.82, 2.24) is 5.32 Å². The van der Waals surface area contributed by atoms with Crippen molar-refractivity contribution in [3.05, 3.63) is 90.5 Å². The molecule has 1 N–H and O–H groups in total. The van der Waals surface area contributed by atoms with Gasteiger partial charge in [0, 0.05) is 11.7 Å². The van der Waals surface area contributed by atoms with E-state index in [1.807, 2.05) is 55.5 Å². The highest BCUT2D eigenvalue weighted by molar-refractivity contribution is 7.91. The molecule has 0 aromatic heterocycles. The Morgan fingerprint density at radius 3 is 2.12 bits per heavy atom. The third-order valence-electron chi connectivity index (χ3n) is 5.95. The summed E-state index contributed by atoms with van der Waals surface area (Å²) >= 11 is 0. The molecule has 6 heteroatoms. The molecule has 32 heavy (non-hydrogen) atoms. The Morgan fingerprint density at radius 2 is 1.53 bits per heavy atom. The zero-order valence-electron chi connectivity index (χ0n) is 18.1. The van der Waals surface area contributed by atoms with Crippen LogP contribution in [0.3, 0.4) is 0 Å². The van der Waals surface area contributed by atoms with Gasteiger partial charge in [0.1, 0.15) is 0 Å². The van der Waals surface area contributed by atoms with E-state index in [0.29, 0.717) is 6.42 Å². The number of carbonyl (C=O) groups excluding carboxylic acids is 1. The van der Waals surface area contributed by atoms with E-state index in [1.165, 1.54) is 5.56 Å². The normalized spacial score (nSPS) is 18.2. The molecule has 0 saturated carbocycles. The number of para-hydroxylation sites is 1. The van der Waals surface area contributed by atoms with Gasteiger partial charge in [-0.1, -0.05) is 72.8 Å². The SMILES string of the molecule is C[C@H](NCC(=O)N(c1ccccc1)[C@@H]1CCS(=O)(=O)C1)c1ccc(-c2ccccc2)cc1. The van der Waals surface area contributed by atoms with Crippen LogP contribution < -0.4 is 10.2 Å². The van der Waals surface area contributed by atoms with E-state index >= 15 is 0 Å². The van der Waals surface area contributed by atoms with Crippen molar-refractivity contribution in [2.24, 2.45) is 0 Å². The monoisotopic (exact) mass is 448 g/mol. The first-order valence-corrected chi connectivity index (χ1v) is 12.7. The van der Waals surface area contributed by atoms with Crippen LogP contribution in [0.15, 0.2) is 84.9 Å². The Bertz CT molecular complexity index is 1150. The Labute approximate surface area is 190 Å². The number of hydrogen-bond acceptors (Lipinski definition) is 4. The Kier molecular flexibility index (Phi) is 6.72. The summed E-state index contributed by atoms with van der Waals surface area (Å²) in [5.74, 6) is 0.0294. The fourth-order valence-corrected chi connectivity index (χ4v) is 5.86. The van der Waals surface area contributed by atoms with Crippen molar-refractivity contribution in [2.45, 2.75) is 25.4 Å². The number of rotatable bonds is 7. The number of amides is 1. The number of nitrogens with one attached hydrogen (secondary N) is 1. The second kappa shape index (κ2) is 9.67. The van der Waals surface area contributed by atoms with Crippen LogP contribution in [0, 0.1) is 0 Å². The van der Waals surface area contributed by atoms with Crippen LogP contribution in [0.5, 0.6) is 0 Å². The third-order valence-corrected chi connectivity index (χ3v) is 7.70. The van der Waals surface area contributed by atoms with Crippen LogP contribution in [0.1, 0.15) is 24.9 Å².